The quantitative estimate of drug-likeness (QED) is 0.698. The lowest BCUT2D eigenvalue weighted by Crippen LogP contribution is -2.30. The monoisotopic (exact) mass is 429 g/mol. The van der Waals surface area contributed by atoms with Crippen molar-refractivity contribution in [3.63, 3.8) is 0 Å². The molecule has 4 rings (SSSR count). The van der Waals surface area contributed by atoms with Crippen LogP contribution >= 0.6 is 0 Å². The van der Waals surface area contributed by atoms with Gasteiger partial charge in [-0.05, 0) is 55.2 Å². The van der Waals surface area contributed by atoms with Crippen LogP contribution in [-0.4, -0.2) is 31.3 Å². The Balaban J connectivity index is 1.43. The number of benzene rings is 2. The van der Waals surface area contributed by atoms with E-state index < -0.39 is 11.7 Å². The first-order valence-electron chi connectivity index (χ1n) is 10.5. The van der Waals surface area contributed by atoms with Crippen molar-refractivity contribution in [1.29, 1.82) is 0 Å². The molecule has 0 saturated carbocycles. The molecular formula is C23H26F3N5. The van der Waals surface area contributed by atoms with Gasteiger partial charge in [0.1, 0.15) is 12.5 Å². The van der Waals surface area contributed by atoms with Crippen LogP contribution in [0.25, 0.3) is 0 Å². The average molecular weight is 429 g/mol. The Morgan fingerprint density at radius 1 is 1.00 bits per heavy atom. The number of nitrogen functional groups attached to an aromatic ring is 1. The summed E-state index contributed by atoms with van der Waals surface area (Å²) in [6.45, 7) is 2.62. The van der Waals surface area contributed by atoms with Gasteiger partial charge in [-0.2, -0.15) is 13.2 Å². The number of rotatable bonds is 4. The Morgan fingerprint density at radius 3 is 2.58 bits per heavy atom. The van der Waals surface area contributed by atoms with E-state index in [1.807, 2.05) is 6.07 Å². The Labute approximate surface area is 179 Å². The summed E-state index contributed by atoms with van der Waals surface area (Å²) in [5.41, 5.74) is 9.71. The predicted molar refractivity (Wildman–Crippen MR) is 119 cm³/mol. The minimum atomic E-state index is -4.35. The van der Waals surface area contributed by atoms with E-state index in [9.17, 15) is 13.2 Å². The molecule has 1 fully saturated rings. The second-order valence-electron chi connectivity index (χ2n) is 7.90. The lowest BCUT2D eigenvalue weighted by atomic mass is 10.0. The number of aliphatic imine (C=N–C) groups is 2. The maximum atomic E-state index is 12.9. The van der Waals surface area contributed by atoms with Crippen molar-refractivity contribution in [1.82, 2.24) is 5.32 Å². The first-order valence-corrected chi connectivity index (χ1v) is 10.5. The van der Waals surface area contributed by atoms with Crippen molar-refractivity contribution in [2.75, 3.05) is 30.4 Å². The third-order valence-electron chi connectivity index (χ3n) is 5.68. The highest BCUT2D eigenvalue weighted by Crippen LogP contribution is 2.30. The second kappa shape index (κ2) is 8.99. The van der Waals surface area contributed by atoms with E-state index in [0.717, 1.165) is 42.2 Å². The van der Waals surface area contributed by atoms with Crippen LogP contribution in [0.2, 0.25) is 0 Å². The van der Waals surface area contributed by atoms with Crippen LogP contribution in [0.4, 0.5) is 24.5 Å². The van der Waals surface area contributed by atoms with Crippen LogP contribution in [0.1, 0.15) is 42.4 Å². The molecule has 0 radical (unpaired) electrons. The van der Waals surface area contributed by atoms with Gasteiger partial charge in [0, 0.05) is 43.0 Å². The Bertz CT molecular complexity index is 991. The van der Waals surface area contributed by atoms with Crippen molar-refractivity contribution in [2.24, 2.45) is 9.98 Å². The number of nitrogens with one attached hydrogen (secondary N) is 1. The van der Waals surface area contributed by atoms with Gasteiger partial charge in [0.2, 0.25) is 0 Å². The first-order chi connectivity index (χ1) is 14.9. The smallest absolute Gasteiger partial charge is 0.398 e. The molecule has 0 amide bonds. The highest BCUT2D eigenvalue weighted by molar-refractivity contribution is 6.15. The Morgan fingerprint density at radius 2 is 1.81 bits per heavy atom. The van der Waals surface area contributed by atoms with Gasteiger partial charge in [0.25, 0.3) is 0 Å². The van der Waals surface area contributed by atoms with Crippen LogP contribution in [0, 0.1) is 0 Å². The van der Waals surface area contributed by atoms with Crippen LogP contribution < -0.4 is 16.0 Å². The summed E-state index contributed by atoms with van der Waals surface area (Å²) in [4.78, 5) is 11.3. The number of hydrogen-bond donors (Lipinski definition) is 2. The van der Waals surface area contributed by atoms with Gasteiger partial charge in [-0.3, -0.25) is 4.99 Å². The van der Waals surface area contributed by atoms with Gasteiger partial charge in [0.05, 0.1) is 11.3 Å². The van der Waals surface area contributed by atoms with Crippen LogP contribution in [0.3, 0.4) is 0 Å². The normalized spacial score (nSPS) is 17.2. The highest BCUT2D eigenvalue weighted by atomic mass is 19.4. The van der Waals surface area contributed by atoms with E-state index in [-0.39, 0.29) is 13.2 Å². The molecule has 2 aromatic carbocycles. The molecule has 3 N–H and O–H groups in total. The average Bonchev–Trinajstić information content (AvgIpc) is 2.78. The molecule has 0 bridgehead atoms. The summed E-state index contributed by atoms with van der Waals surface area (Å²) in [5, 5.41) is 3.16. The Kier molecular flexibility index (Phi) is 6.15. The molecule has 0 spiro atoms. The Hall–Kier alpha value is -3.03. The van der Waals surface area contributed by atoms with Crippen molar-refractivity contribution >= 4 is 22.9 Å². The van der Waals surface area contributed by atoms with Crippen LogP contribution in [0.5, 0.6) is 0 Å². The highest BCUT2D eigenvalue weighted by Gasteiger charge is 2.30. The molecule has 31 heavy (non-hydrogen) atoms. The van der Waals surface area contributed by atoms with Crippen molar-refractivity contribution in [2.45, 2.75) is 38.4 Å². The van der Waals surface area contributed by atoms with E-state index in [2.05, 4.69) is 32.3 Å². The molecular weight excluding hydrogens is 403 g/mol. The van der Waals surface area contributed by atoms with Gasteiger partial charge in [-0.15, -0.1) is 0 Å². The third-order valence-corrected chi connectivity index (χ3v) is 5.68. The number of hydrogen-bond acceptors (Lipinski definition) is 5. The molecule has 2 aliphatic rings. The summed E-state index contributed by atoms with van der Waals surface area (Å²) in [7, 11) is 0. The standard InChI is InChI=1S/C23H26F3N5/c24-23(25,26)17-6-4-5-16(11-17)14-28-22-13-21(29-15-30-22)19-12-18(7-8-20(19)27)31-9-2-1-3-10-31/h4-8,11-12H,1-3,9-10,13-15,27H2,(H,28,30). The summed E-state index contributed by atoms with van der Waals surface area (Å²) in [6.07, 6.45) is -0.238. The largest absolute Gasteiger partial charge is 0.416 e. The van der Waals surface area contributed by atoms with Gasteiger partial charge in [-0.25, -0.2) is 4.99 Å². The van der Waals surface area contributed by atoms with Crippen molar-refractivity contribution in [3.05, 3.63) is 59.2 Å². The molecule has 0 unspecified atom stereocenters. The van der Waals surface area contributed by atoms with Crippen LogP contribution in [-0.2, 0) is 12.7 Å². The minimum Gasteiger partial charge on any atom is -0.398 e. The van der Waals surface area contributed by atoms with Crippen molar-refractivity contribution < 1.29 is 13.2 Å². The lowest BCUT2D eigenvalue weighted by Gasteiger charge is -2.29. The number of halogens is 3. The number of nitrogens with two attached hydrogens (primary N) is 1. The fourth-order valence-electron chi connectivity index (χ4n) is 3.98. The summed E-state index contributed by atoms with van der Waals surface area (Å²) >= 11 is 0. The maximum Gasteiger partial charge on any atom is 0.416 e. The molecule has 2 heterocycles. The molecule has 8 heteroatoms. The van der Waals surface area contributed by atoms with E-state index in [4.69, 9.17) is 5.73 Å². The second-order valence-corrected chi connectivity index (χ2v) is 7.90. The van der Waals surface area contributed by atoms with Crippen LogP contribution in [0.15, 0.2) is 52.4 Å². The SMILES string of the molecule is Nc1ccc(N2CCCCC2)cc1C1=NCN=C(NCc2cccc(C(F)(F)F)c2)C1. The van der Waals surface area contributed by atoms with E-state index in [1.165, 1.54) is 25.3 Å². The molecule has 0 atom stereocenters. The summed E-state index contributed by atoms with van der Waals surface area (Å²) in [5.74, 6) is 0.699. The molecule has 2 aliphatic heterocycles. The zero-order valence-corrected chi connectivity index (χ0v) is 17.3. The molecule has 1 saturated heterocycles. The maximum absolute atomic E-state index is 12.9. The third kappa shape index (κ3) is 5.18. The van der Waals surface area contributed by atoms with E-state index >= 15 is 0 Å². The summed E-state index contributed by atoms with van der Waals surface area (Å²) in [6, 6.07) is 11.4. The number of piperidine rings is 1. The molecule has 5 nitrogen and oxygen atoms in total. The molecule has 164 valence electrons. The fourth-order valence-corrected chi connectivity index (χ4v) is 3.98. The zero-order chi connectivity index (χ0) is 21.8. The number of anilines is 2. The molecule has 0 aromatic heterocycles. The topological polar surface area (TPSA) is 66.0 Å². The molecule has 0 aliphatic carbocycles. The summed E-state index contributed by atoms with van der Waals surface area (Å²) < 4.78 is 38.8. The lowest BCUT2D eigenvalue weighted by molar-refractivity contribution is -0.137. The van der Waals surface area contributed by atoms with E-state index in [0.29, 0.717) is 23.5 Å². The van der Waals surface area contributed by atoms with Gasteiger partial charge in [0.15, 0.2) is 0 Å². The van der Waals surface area contributed by atoms with E-state index in [1.54, 1.807) is 6.07 Å². The predicted octanol–water partition coefficient (Wildman–Crippen LogP) is 4.62. The van der Waals surface area contributed by atoms with Gasteiger partial charge >= 0.3 is 6.18 Å². The number of alkyl halides is 3. The first kappa shape index (κ1) is 21.2. The molecule has 2 aromatic rings. The zero-order valence-electron chi connectivity index (χ0n) is 17.3. The minimum absolute atomic E-state index is 0.263. The van der Waals surface area contributed by atoms with Gasteiger partial charge in [-0.1, -0.05) is 12.1 Å². The number of amidine groups is 1. The van der Waals surface area contributed by atoms with Gasteiger partial charge < -0.3 is 16.0 Å². The number of nitrogens with zero attached hydrogens (tertiary/aromatic N) is 3. The fraction of sp³-hybridized carbons (Fsp3) is 0.391. The van der Waals surface area contributed by atoms with Crippen molar-refractivity contribution in [3.8, 4) is 0 Å².